The zero-order valence-electron chi connectivity index (χ0n) is 9.90. The number of carboxylic acids is 1. The molecule has 0 heterocycles. The summed E-state index contributed by atoms with van der Waals surface area (Å²) in [5, 5.41) is 11.2. The Morgan fingerprint density at radius 3 is 2.71 bits per heavy atom. The van der Waals surface area contributed by atoms with Gasteiger partial charge in [-0.2, -0.15) is 0 Å². The maximum Gasteiger partial charge on any atom is 0.303 e. The fourth-order valence-electron chi connectivity index (χ4n) is 1.49. The van der Waals surface area contributed by atoms with E-state index < -0.39 is 5.97 Å². The fraction of sp³-hybridized carbons (Fsp3) is 0.385. The minimum absolute atomic E-state index is 0.107. The van der Waals surface area contributed by atoms with E-state index in [-0.39, 0.29) is 12.3 Å². The highest BCUT2D eigenvalue weighted by Crippen LogP contribution is 2.03. The second kappa shape index (κ2) is 6.68. The zero-order chi connectivity index (χ0) is 12.7. The Bertz CT molecular complexity index is 401. The number of nitrogens with one attached hydrogen (secondary N) is 1. The van der Waals surface area contributed by atoms with Gasteiger partial charge in [-0.1, -0.05) is 17.7 Å². The van der Waals surface area contributed by atoms with Crippen LogP contribution in [0.3, 0.4) is 0 Å². The molecule has 0 bridgehead atoms. The lowest BCUT2D eigenvalue weighted by atomic mass is 10.1. The first-order valence-electron chi connectivity index (χ1n) is 5.66. The molecule has 1 rings (SSSR count). The van der Waals surface area contributed by atoms with Gasteiger partial charge in [0.15, 0.2) is 0 Å². The number of benzene rings is 1. The van der Waals surface area contributed by atoms with Crippen LogP contribution < -0.4 is 5.32 Å². The van der Waals surface area contributed by atoms with E-state index in [1.54, 1.807) is 6.07 Å². The molecule has 0 atom stereocenters. The van der Waals surface area contributed by atoms with Crippen molar-refractivity contribution in [1.82, 2.24) is 5.32 Å². The number of carboxylic acid groups (broad SMARTS) is 1. The van der Waals surface area contributed by atoms with Crippen molar-refractivity contribution in [2.24, 2.45) is 0 Å². The van der Waals surface area contributed by atoms with Gasteiger partial charge in [0.25, 0.3) is 5.91 Å². The molecule has 0 aliphatic rings. The Morgan fingerprint density at radius 1 is 1.29 bits per heavy atom. The van der Waals surface area contributed by atoms with Gasteiger partial charge in [0, 0.05) is 18.5 Å². The molecule has 0 radical (unpaired) electrons. The molecular weight excluding hydrogens is 218 g/mol. The number of hydrogen-bond donors (Lipinski definition) is 2. The third-order valence-corrected chi connectivity index (χ3v) is 2.38. The number of unbranched alkanes of at least 4 members (excludes halogenated alkanes) is 1. The van der Waals surface area contributed by atoms with Crippen molar-refractivity contribution >= 4 is 11.9 Å². The monoisotopic (exact) mass is 235 g/mol. The van der Waals surface area contributed by atoms with Crippen molar-refractivity contribution in [2.75, 3.05) is 6.54 Å². The first-order valence-corrected chi connectivity index (χ1v) is 5.66. The maximum absolute atomic E-state index is 11.7. The Hall–Kier alpha value is -1.84. The van der Waals surface area contributed by atoms with Gasteiger partial charge in [0.1, 0.15) is 0 Å². The summed E-state index contributed by atoms with van der Waals surface area (Å²) in [6.07, 6.45) is 1.42. The topological polar surface area (TPSA) is 66.4 Å². The van der Waals surface area contributed by atoms with Crippen molar-refractivity contribution in [3.05, 3.63) is 35.4 Å². The normalized spacial score (nSPS) is 9.94. The number of aryl methyl sites for hydroxylation is 1. The van der Waals surface area contributed by atoms with Crippen LogP contribution in [-0.4, -0.2) is 23.5 Å². The minimum atomic E-state index is -0.796. The van der Waals surface area contributed by atoms with Gasteiger partial charge in [0.2, 0.25) is 0 Å². The highest BCUT2D eigenvalue weighted by atomic mass is 16.4. The lowest BCUT2D eigenvalue weighted by Gasteiger charge is -2.05. The summed E-state index contributed by atoms with van der Waals surface area (Å²) in [4.78, 5) is 21.9. The molecule has 0 fully saturated rings. The van der Waals surface area contributed by atoms with Crippen LogP contribution in [0, 0.1) is 6.92 Å². The Morgan fingerprint density at radius 2 is 2.06 bits per heavy atom. The SMILES string of the molecule is Cc1cccc(C(=O)NCCCCC(=O)O)c1. The van der Waals surface area contributed by atoms with E-state index in [0.29, 0.717) is 24.9 Å². The summed E-state index contributed by atoms with van der Waals surface area (Å²) >= 11 is 0. The number of carbonyl (C=O) groups is 2. The second-order valence-electron chi connectivity index (χ2n) is 3.98. The summed E-state index contributed by atoms with van der Waals surface area (Å²) in [6, 6.07) is 7.37. The van der Waals surface area contributed by atoms with Gasteiger partial charge in [-0.25, -0.2) is 0 Å². The summed E-state index contributed by atoms with van der Waals surface area (Å²) in [5.41, 5.74) is 1.69. The van der Waals surface area contributed by atoms with Gasteiger partial charge >= 0.3 is 5.97 Å². The van der Waals surface area contributed by atoms with Crippen molar-refractivity contribution in [1.29, 1.82) is 0 Å². The molecule has 1 aromatic rings. The van der Waals surface area contributed by atoms with Crippen LogP contribution >= 0.6 is 0 Å². The average Bonchev–Trinajstić information content (AvgIpc) is 2.28. The summed E-state index contributed by atoms with van der Waals surface area (Å²) in [6.45, 7) is 2.45. The zero-order valence-corrected chi connectivity index (χ0v) is 9.90. The summed E-state index contributed by atoms with van der Waals surface area (Å²) in [5.74, 6) is -0.904. The molecule has 0 aliphatic heterocycles. The highest BCUT2D eigenvalue weighted by molar-refractivity contribution is 5.94. The molecule has 0 saturated carbocycles. The summed E-state index contributed by atoms with van der Waals surface area (Å²) < 4.78 is 0. The number of hydrogen-bond acceptors (Lipinski definition) is 2. The predicted octanol–water partition coefficient (Wildman–Crippen LogP) is 1.98. The van der Waals surface area contributed by atoms with Crippen molar-refractivity contribution in [3.8, 4) is 0 Å². The fourth-order valence-corrected chi connectivity index (χ4v) is 1.49. The van der Waals surface area contributed by atoms with E-state index >= 15 is 0 Å². The van der Waals surface area contributed by atoms with Gasteiger partial charge in [0.05, 0.1) is 0 Å². The Labute approximate surface area is 101 Å². The Balaban J connectivity index is 2.28. The molecule has 0 spiro atoms. The lowest BCUT2D eigenvalue weighted by Crippen LogP contribution is -2.24. The van der Waals surface area contributed by atoms with Crippen LogP contribution in [0.1, 0.15) is 35.2 Å². The number of rotatable bonds is 6. The van der Waals surface area contributed by atoms with E-state index in [0.717, 1.165) is 5.56 Å². The first kappa shape index (κ1) is 13.2. The quantitative estimate of drug-likeness (QED) is 0.741. The van der Waals surface area contributed by atoms with Crippen molar-refractivity contribution < 1.29 is 14.7 Å². The van der Waals surface area contributed by atoms with E-state index in [2.05, 4.69) is 5.32 Å². The minimum Gasteiger partial charge on any atom is -0.481 e. The van der Waals surface area contributed by atoms with Gasteiger partial charge < -0.3 is 10.4 Å². The lowest BCUT2D eigenvalue weighted by molar-refractivity contribution is -0.137. The predicted molar refractivity (Wildman–Crippen MR) is 65.0 cm³/mol. The van der Waals surface area contributed by atoms with E-state index in [1.165, 1.54) is 0 Å². The van der Waals surface area contributed by atoms with Crippen LogP contribution in [0.2, 0.25) is 0 Å². The molecule has 4 heteroatoms. The molecule has 0 saturated heterocycles. The molecule has 0 aromatic heterocycles. The van der Waals surface area contributed by atoms with E-state index in [4.69, 9.17) is 5.11 Å². The molecule has 0 aliphatic carbocycles. The summed E-state index contributed by atoms with van der Waals surface area (Å²) in [7, 11) is 0. The van der Waals surface area contributed by atoms with Crippen LogP contribution in [0.5, 0.6) is 0 Å². The largest absolute Gasteiger partial charge is 0.481 e. The molecule has 2 N–H and O–H groups in total. The third kappa shape index (κ3) is 5.15. The molecule has 4 nitrogen and oxygen atoms in total. The third-order valence-electron chi connectivity index (χ3n) is 2.38. The molecule has 92 valence electrons. The van der Waals surface area contributed by atoms with E-state index in [1.807, 2.05) is 25.1 Å². The van der Waals surface area contributed by atoms with Gasteiger partial charge in [-0.3, -0.25) is 9.59 Å². The smallest absolute Gasteiger partial charge is 0.303 e. The molecular formula is C13H17NO3. The maximum atomic E-state index is 11.7. The number of carbonyl (C=O) groups excluding carboxylic acids is 1. The molecule has 17 heavy (non-hydrogen) atoms. The van der Waals surface area contributed by atoms with Crippen LogP contribution in [0.4, 0.5) is 0 Å². The number of amides is 1. The second-order valence-corrected chi connectivity index (χ2v) is 3.98. The Kier molecular flexibility index (Phi) is 5.20. The average molecular weight is 235 g/mol. The molecule has 1 aromatic carbocycles. The highest BCUT2D eigenvalue weighted by Gasteiger charge is 2.04. The first-order chi connectivity index (χ1) is 8.09. The molecule has 1 amide bonds. The van der Waals surface area contributed by atoms with Crippen LogP contribution in [-0.2, 0) is 4.79 Å². The van der Waals surface area contributed by atoms with Crippen molar-refractivity contribution in [3.63, 3.8) is 0 Å². The van der Waals surface area contributed by atoms with Crippen molar-refractivity contribution in [2.45, 2.75) is 26.2 Å². The molecule has 0 unspecified atom stereocenters. The van der Waals surface area contributed by atoms with Gasteiger partial charge in [-0.15, -0.1) is 0 Å². The van der Waals surface area contributed by atoms with E-state index in [9.17, 15) is 9.59 Å². The standard InChI is InChI=1S/C13H17NO3/c1-10-5-4-6-11(9-10)13(17)14-8-3-2-7-12(15)16/h4-6,9H,2-3,7-8H2,1H3,(H,14,17)(H,15,16). The number of aliphatic carboxylic acids is 1. The van der Waals surface area contributed by atoms with Gasteiger partial charge in [-0.05, 0) is 31.9 Å². The van der Waals surface area contributed by atoms with Crippen LogP contribution in [0.15, 0.2) is 24.3 Å². The van der Waals surface area contributed by atoms with Crippen LogP contribution in [0.25, 0.3) is 0 Å².